The number of carbonyl (C=O) groups excluding carboxylic acids is 1. The summed E-state index contributed by atoms with van der Waals surface area (Å²) in [6, 6.07) is 15.0. The van der Waals surface area contributed by atoms with E-state index in [-0.39, 0.29) is 23.5 Å². The second-order valence-electron chi connectivity index (χ2n) is 9.71. The Labute approximate surface area is 180 Å². The van der Waals surface area contributed by atoms with Gasteiger partial charge in [0, 0.05) is 24.4 Å². The number of benzene rings is 2. The van der Waals surface area contributed by atoms with Crippen molar-refractivity contribution < 1.29 is 9.53 Å². The molecule has 160 valence electrons. The smallest absolute Gasteiger partial charge is 0.223 e. The standard InChI is InChI=1S/C26H34N2O2/c1-18-6-5-7-20(14-18)17-28-12-10-21(11-13-28)25(29)27-23-16-26(3,4)30-24-9-8-19(2)15-22(23)24/h5-9,14-15,21,23H,10-13,16-17H2,1-4H3,(H,27,29)/t23-/m0/s1. The monoisotopic (exact) mass is 406 g/mol. The first-order valence-corrected chi connectivity index (χ1v) is 11.2. The number of piperidine rings is 1. The zero-order valence-corrected chi connectivity index (χ0v) is 18.7. The molecule has 1 atom stereocenters. The quantitative estimate of drug-likeness (QED) is 0.782. The first kappa shape index (κ1) is 20.9. The van der Waals surface area contributed by atoms with Gasteiger partial charge in [0.15, 0.2) is 0 Å². The van der Waals surface area contributed by atoms with Gasteiger partial charge in [-0.05, 0) is 65.3 Å². The average molecular weight is 407 g/mol. The summed E-state index contributed by atoms with van der Waals surface area (Å²) in [7, 11) is 0. The van der Waals surface area contributed by atoms with Gasteiger partial charge in [-0.25, -0.2) is 0 Å². The van der Waals surface area contributed by atoms with Crippen LogP contribution in [-0.4, -0.2) is 29.5 Å². The van der Waals surface area contributed by atoms with Crippen LogP contribution in [0.4, 0.5) is 0 Å². The normalized spacial score (nSPS) is 21.5. The van der Waals surface area contributed by atoms with Gasteiger partial charge >= 0.3 is 0 Å². The van der Waals surface area contributed by atoms with Crippen LogP contribution in [0.15, 0.2) is 42.5 Å². The number of hydrogen-bond acceptors (Lipinski definition) is 3. The molecule has 2 aliphatic heterocycles. The van der Waals surface area contributed by atoms with E-state index in [1.165, 1.54) is 16.7 Å². The lowest BCUT2D eigenvalue weighted by Crippen LogP contribution is -2.45. The molecule has 2 heterocycles. The van der Waals surface area contributed by atoms with E-state index in [0.717, 1.165) is 50.2 Å². The second kappa shape index (κ2) is 8.43. The fraction of sp³-hybridized carbons (Fsp3) is 0.500. The maximum Gasteiger partial charge on any atom is 0.223 e. The lowest BCUT2D eigenvalue weighted by atomic mass is 9.88. The summed E-state index contributed by atoms with van der Waals surface area (Å²) in [6.45, 7) is 11.3. The number of carbonyl (C=O) groups is 1. The van der Waals surface area contributed by atoms with Crippen molar-refractivity contribution in [3.63, 3.8) is 0 Å². The number of nitrogens with one attached hydrogen (secondary N) is 1. The van der Waals surface area contributed by atoms with E-state index < -0.39 is 0 Å². The third-order valence-electron chi connectivity index (χ3n) is 6.39. The average Bonchev–Trinajstić information content (AvgIpc) is 2.68. The number of likely N-dealkylation sites (tertiary alicyclic amines) is 1. The molecule has 2 aromatic rings. The molecule has 0 aromatic heterocycles. The van der Waals surface area contributed by atoms with E-state index in [1.54, 1.807) is 0 Å². The van der Waals surface area contributed by atoms with Crippen LogP contribution in [0.1, 0.15) is 61.4 Å². The van der Waals surface area contributed by atoms with Crippen molar-refractivity contribution >= 4 is 5.91 Å². The Morgan fingerprint density at radius 2 is 1.83 bits per heavy atom. The molecule has 4 heteroatoms. The molecule has 0 saturated carbocycles. The summed E-state index contributed by atoms with van der Waals surface area (Å²) in [4.78, 5) is 15.6. The number of rotatable bonds is 4. The second-order valence-corrected chi connectivity index (χ2v) is 9.71. The maximum absolute atomic E-state index is 13.1. The predicted octanol–water partition coefficient (Wildman–Crippen LogP) is 4.93. The summed E-state index contributed by atoms with van der Waals surface area (Å²) in [6.07, 6.45) is 2.64. The molecule has 0 aliphatic carbocycles. The van der Waals surface area contributed by atoms with Crippen molar-refractivity contribution in [1.82, 2.24) is 10.2 Å². The molecule has 1 saturated heterocycles. The SMILES string of the molecule is Cc1cccc(CN2CCC(C(=O)N[C@H]3CC(C)(C)Oc4ccc(C)cc43)CC2)c1. The highest BCUT2D eigenvalue weighted by atomic mass is 16.5. The number of ether oxygens (including phenoxy) is 1. The predicted molar refractivity (Wildman–Crippen MR) is 121 cm³/mol. The Balaban J connectivity index is 1.36. The van der Waals surface area contributed by atoms with Gasteiger partial charge in [-0.3, -0.25) is 9.69 Å². The van der Waals surface area contributed by atoms with Crippen LogP contribution in [0.5, 0.6) is 5.75 Å². The van der Waals surface area contributed by atoms with Gasteiger partial charge in [0.1, 0.15) is 11.4 Å². The molecule has 2 aliphatic rings. The number of hydrogen-bond donors (Lipinski definition) is 1. The Morgan fingerprint density at radius 1 is 1.10 bits per heavy atom. The molecule has 4 rings (SSSR count). The molecule has 4 nitrogen and oxygen atoms in total. The Hall–Kier alpha value is -2.33. The van der Waals surface area contributed by atoms with Gasteiger partial charge in [-0.1, -0.05) is 47.5 Å². The minimum Gasteiger partial charge on any atom is -0.487 e. The molecule has 0 bridgehead atoms. The molecule has 1 amide bonds. The Bertz CT molecular complexity index is 913. The molecule has 30 heavy (non-hydrogen) atoms. The van der Waals surface area contributed by atoms with E-state index in [1.807, 2.05) is 6.07 Å². The number of nitrogens with zero attached hydrogens (tertiary/aromatic N) is 1. The minimum absolute atomic E-state index is 0.0153. The first-order valence-electron chi connectivity index (χ1n) is 11.2. The van der Waals surface area contributed by atoms with Crippen LogP contribution in [0.2, 0.25) is 0 Å². The van der Waals surface area contributed by atoms with Crippen molar-refractivity contribution in [2.45, 2.75) is 65.1 Å². The van der Waals surface area contributed by atoms with Crippen LogP contribution in [-0.2, 0) is 11.3 Å². The fourth-order valence-corrected chi connectivity index (χ4v) is 4.81. The van der Waals surface area contributed by atoms with Crippen LogP contribution in [0, 0.1) is 19.8 Å². The zero-order valence-electron chi connectivity index (χ0n) is 18.7. The lowest BCUT2D eigenvalue weighted by Gasteiger charge is -2.39. The van der Waals surface area contributed by atoms with E-state index in [9.17, 15) is 4.79 Å². The third kappa shape index (κ3) is 4.86. The molecule has 1 fully saturated rings. The Morgan fingerprint density at radius 3 is 2.57 bits per heavy atom. The van der Waals surface area contributed by atoms with Gasteiger partial charge < -0.3 is 10.1 Å². The van der Waals surface area contributed by atoms with Crippen LogP contribution < -0.4 is 10.1 Å². The van der Waals surface area contributed by atoms with Crippen LogP contribution >= 0.6 is 0 Å². The lowest BCUT2D eigenvalue weighted by molar-refractivity contribution is -0.127. The van der Waals surface area contributed by atoms with Crippen molar-refractivity contribution in [3.05, 3.63) is 64.7 Å². The first-order chi connectivity index (χ1) is 14.3. The van der Waals surface area contributed by atoms with Gasteiger partial charge in [-0.2, -0.15) is 0 Å². The van der Waals surface area contributed by atoms with Crippen molar-refractivity contribution in [3.8, 4) is 5.75 Å². The van der Waals surface area contributed by atoms with Crippen LogP contribution in [0.25, 0.3) is 0 Å². The molecule has 2 aromatic carbocycles. The topological polar surface area (TPSA) is 41.6 Å². The summed E-state index contributed by atoms with van der Waals surface area (Å²) in [5.41, 5.74) is 4.68. The van der Waals surface area contributed by atoms with Gasteiger partial charge in [0.25, 0.3) is 0 Å². The van der Waals surface area contributed by atoms with E-state index in [2.05, 4.69) is 74.3 Å². The molecular weight excluding hydrogens is 372 g/mol. The Kier molecular flexibility index (Phi) is 5.88. The summed E-state index contributed by atoms with van der Waals surface area (Å²) < 4.78 is 6.15. The van der Waals surface area contributed by atoms with Crippen molar-refractivity contribution in [1.29, 1.82) is 0 Å². The largest absolute Gasteiger partial charge is 0.487 e. The summed E-state index contributed by atoms with van der Waals surface area (Å²) in [5, 5.41) is 3.36. The van der Waals surface area contributed by atoms with E-state index in [0.29, 0.717) is 0 Å². The van der Waals surface area contributed by atoms with E-state index in [4.69, 9.17) is 4.74 Å². The highest BCUT2D eigenvalue weighted by molar-refractivity contribution is 5.79. The van der Waals surface area contributed by atoms with Gasteiger partial charge in [-0.15, -0.1) is 0 Å². The van der Waals surface area contributed by atoms with Crippen molar-refractivity contribution in [2.75, 3.05) is 13.1 Å². The highest BCUT2D eigenvalue weighted by Crippen LogP contribution is 2.40. The van der Waals surface area contributed by atoms with Crippen molar-refractivity contribution in [2.24, 2.45) is 5.92 Å². The van der Waals surface area contributed by atoms with Gasteiger partial charge in [0.05, 0.1) is 6.04 Å². The van der Waals surface area contributed by atoms with E-state index >= 15 is 0 Å². The number of aryl methyl sites for hydroxylation is 2. The van der Waals surface area contributed by atoms with Gasteiger partial charge in [0.2, 0.25) is 5.91 Å². The third-order valence-corrected chi connectivity index (χ3v) is 6.39. The molecule has 0 radical (unpaired) electrons. The minimum atomic E-state index is -0.280. The highest BCUT2D eigenvalue weighted by Gasteiger charge is 2.36. The molecule has 1 N–H and O–H groups in total. The number of fused-ring (bicyclic) bond motifs is 1. The summed E-state index contributed by atoms with van der Waals surface area (Å²) >= 11 is 0. The zero-order chi connectivity index (χ0) is 21.3. The molecular formula is C26H34N2O2. The number of amides is 1. The van der Waals surface area contributed by atoms with Crippen LogP contribution in [0.3, 0.4) is 0 Å². The fourth-order valence-electron chi connectivity index (χ4n) is 4.81. The summed E-state index contributed by atoms with van der Waals surface area (Å²) in [5.74, 6) is 1.19. The molecule has 0 spiro atoms. The molecule has 0 unspecified atom stereocenters. The maximum atomic E-state index is 13.1.